The molecule has 0 aliphatic heterocycles. The smallest absolute Gasteiger partial charge is 0.422 e. The Kier molecular flexibility index (Phi) is 4.66. The fourth-order valence-electron chi connectivity index (χ4n) is 1.26. The number of hydrogen-bond acceptors (Lipinski definition) is 3. The third-order valence-electron chi connectivity index (χ3n) is 2.03. The van der Waals surface area contributed by atoms with Crippen LogP contribution < -0.4 is 5.73 Å². The van der Waals surface area contributed by atoms with E-state index in [4.69, 9.17) is 5.73 Å². The maximum Gasteiger partial charge on any atom is 0.422 e. The molecule has 3 nitrogen and oxygen atoms in total. The van der Waals surface area contributed by atoms with E-state index in [-0.39, 0.29) is 6.42 Å². The van der Waals surface area contributed by atoms with Crippen LogP contribution in [0, 0.1) is 5.82 Å². The minimum Gasteiger partial charge on any atom is -0.455 e. The van der Waals surface area contributed by atoms with Crippen LogP contribution in [0.15, 0.2) is 24.3 Å². The van der Waals surface area contributed by atoms with Gasteiger partial charge in [0.2, 0.25) is 0 Å². The zero-order chi connectivity index (χ0) is 13.8. The van der Waals surface area contributed by atoms with Crippen LogP contribution in [0.4, 0.5) is 17.6 Å². The second kappa shape index (κ2) is 5.81. The standard InChI is InChI=1S/C11H11F4NO2/c12-8-3-1-2-7(4-8)5-9(16)10(17)18-6-11(13,14)15/h1-4,9H,5-6,16H2/t9-/m0/s1. The molecule has 1 aromatic rings. The van der Waals surface area contributed by atoms with Crippen molar-refractivity contribution in [3.8, 4) is 0 Å². The van der Waals surface area contributed by atoms with Crippen molar-refractivity contribution >= 4 is 5.97 Å². The van der Waals surface area contributed by atoms with Gasteiger partial charge in [-0.15, -0.1) is 0 Å². The molecule has 1 aromatic carbocycles. The number of ether oxygens (including phenoxy) is 1. The minimum absolute atomic E-state index is 0.0888. The molecule has 0 saturated heterocycles. The van der Waals surface area contributed by atoms with E-state index in [2.05, 4.69) is 4.74 Å². The first-order valence-corrected chi connectivity index (χ1v) is 5.01. The Morgan fingerprint density at radius 3 is 2.61 bits per heavy atom. The van der Waals surface area contributed by atoms with Gasteiger partial charge in [-0.3, -0.25) is 4.79 Å². The van der Waals surface area contributed by atoms with E-state index < -0.39 is 30.6 Å². The third kappa shape index (κ3) is 5.13. The van der Waals surface area contributed by atoms with Crippen LogP contribution in [-0.4, -0.2) is 24.8 Å². The monoisotopic (exact) mass is 265 g/mol. The highest BCUT2D eigenvalue weighted by Gasteiger charge is 2.30. The molecule has 0 aromatic heterocycles. The molecule has 1 rings (SSSR count). The number of alkyl halides is 3. The summed E-state index contributed by atoms with van der Waals surface area (Å²) >= 11 is 0. The van der Waals surface area contributed by atoms with Gasteiger partial charge in [0.15, 0.2) is 6.61 Å². The van der Waals surface area contributed by atoms with Crippen LogP contribution >= 0.6 is 0 Å². The summed E-state index contributed by atoms with van der Waals surface area (Å²) in [5.74, 6) is -1.68. The molecular formula is C11H11F4NO2. The van der Waals surface area contributed by atoms with Gasteiger partial charge < -0.3 is 10.5 Å². The number of benzene rings is 1. The average Bonchev–Trinajstić information content (AvgIpc) is 2.24. The number of esters is 1. The number of carbonyl (C=O) groups excluding carboxylic acids is 1. The molecule has 7 heteroatoms. The van der Waals surface area contributed by atoms with Crippen LogP contribution in [0.2, 0.25) is 0 Å². The van der Waals surface area contributed by atoms with Crippen LogP contribution in [0.3, 0.4) is 0 Å². The summed E-state index contributed by atoms with van der Waals surface area (Å²) in [5, 5.41) is 0. The van der Waals surface area contributed by atoms with Crippen molar-refractivity contribution in [1.82, 2.24) is 0 Å². The van der Waals surface area contributed by atoms with Gasteiger partial charge in [0.1, 0.15) is 11.9 Å². The molecule has 0 bridgehead atoms. The number of rotatable bonds is 4. The van der Waals surface area contributed by atoms with Crippen molar-refractivity contribution in [3.63, 3.8) is 0 Å². The van der Waals surface area contributed by atoms with E-state index >= 15 is 0 Å². The van der Waals surface area contributed by atoms with E-state index in [1.807, 2.05) is 0 Å². The van der Waals surface area contributed by atoms with Gasteiger partial charge >= 0.3 is 12.1 Å². The molecule has 0 unspecified atom stereocenters. The number of nitrogens with two attached hydrogens (primary N) is 1. The van der Waals surface area contributed by atoms with Crippen LogP contribution in [0.25, 0.3) is 0 Å². The van der Waals surface area contributed by atoms with Crippen molar-refractivity contribution in [2.45, 2.75) is 18.6 Å². The summed E-state index contributed by atoms with van der Waals surface area (Å²) in [4.78, 5) is 11.1. The lowest BCUT2D eigenvalue weighted by Crippen LogP contribution is -2.36. The maximum absolute atomic E-state index is 12.8. The minimum atomic E-state index is -4.59. The zero-order valence-corrected chi connectivity index (χ0v) is 9.21. The van der Waals surface area contributed by atoms with Gasteiger partial charge in [0.25, 0.3) is 0 Å². The molecule has 18 heavy (non-hydrogen) atoms. The SMILES string of the molecule is N[C@@H](Cc1cccc(F)c1)C(=O)OCC(F)(F)F. The molecule has 100 valence electrons. The lowest BCUT2D eigenvalue weighted by atomic mass is 10.1. The Morgan fingerprint density at radius 2 is 2.06 bits per heavy atom. The summed E-state index contributed by atoms with van der Waals surface area (Å²) in [5.41, 5.74) is 5.77. The first-order valence-electron chi connectivity index (χ1n) is 5.01. The van der Waals surface area contributed by atoms with E-state index in [0.717, 1.165) is 6.07 Å². The summed E-state index contributed by atoms with van der Waals surface area (Å²) in [6.07, 6.45) is -4.68. The second-order valence-electron chi connectivity index (χ2n) is 3.66. The summed E-state index contributed by atoms with van der Waals surface area (Å²) in [7, 11) is 0. The van der Waals surface area contributed by atoms with Gasteiger partial charge in [-0.2, -0.15) is 13.2 Å². The Hall–Kier alpha value is -1.63. The number of hydrogen-bond donors (Lipinski definition) is 1. The third-order valence-corrected chi connectivity index (χ3v) is 2.03. The van der Waals surface area contributed by atoms with Crippen molar-refractivity contribution in [2.24, 2.45) is 5.73 Å². The van der Waals surface area contributed by atoms with E-state index in [0.29, 0.717) is 5.56 Å². The normalized spacial score (nSPS) is 13.2. The quantitative estimate of drug-likeness (QED) is 0.667. The molecule has 0 saturated carbocycles. The average molecular weight is 265 g/mol. The van der Waals surface area contributed by atoms with Crippen molar-refractivity contribution < 1.29 is 27.1 Å². The zero-order valence-electron chi connectivity index (χ0n) is 9.21. The highest BCUT2D eigenvalue weighted by molar-refractivity contribution is 5.75. The Morgan fingerprint density at radius 1 is 1.39 bits per heavy atom. The largest absolute Gasteiger partial charge is 0.455 e. The van der Waals surface area contributed by atoms with Crippen LogP contribution in [0.1, 0.15) is 5.56 Å². The van der Waals surface area contributed by atoms with Crippen molar-refractivity contribution in [3.05, 3.63) is 35.6 Å². The molecule has 2 N–H and O–H groups in total. The fraction of sp³-hybridized carbons (Fsp3) is 0.364. The predicted molar refractivity (Wildman–Crippen MR) is 55.1 cm³/mol. The Labute approximate surface area is 101 Å². The number of carbonyl (C=O) groups is 1. The number of halogens is 4. The Bertz CT molecular complexity index is 420. The molecule has 0 radical (unpaired) electrons. The van der Waals surface area contributed by atoms with Gasteiger partial charge in [0.05, 0.1) is 0 Å². The van der Waals surface area contributed by atoms with E-state index in [1.54, 1.807) is 0 Å². The van der Waals surface area contributed by atoms with E-state index in [9.17, 15) is 22.4 Å². The molecule has 0 aliphatic rings. The summed E-state index contributed by atoms with van der Waals surface area (Å²) in [6.45, 7) is -1.68. The van der Waals surface area contributed by atoms with Crippen LogP contribution in [-0.2, 0) is 16.0 Å². The fourth-order valence-corrected chi connectivity index (χ4v) is 1.26. The molecule has 0 amide bonds. The molecule has 1 atom stereocenters. The van der Waals surface area contributed by atoms with Gasteiger partial charge in [-0.1, -0.05) is 12.1 Å². The first-order chi connectivity index (χ1) is 8.28. The summed E-state index contributed by atoms with van der Waals surface area (Å²) < 4.78 is 52.2. The predicted octanol–water partition coefficient (Wildman–Crippen LogP) is 1.80. The molecule has 0 aliphatic carbocycles. The van der Waals surface area contributed by atoms with E-state index in [1.165, 1.54) is 18.2 Å². The summed E-state index contributed by atoms with van der Waals surface area (Å²) in [6, 6.07) is 4.03. The molecule has 0 heterocycles. The lowest BCUT2D eigenvalue weighted by molar-refractivity contribution is -0.187. The van der Waals surface area contributed by atoms with Crippen LogP contribution in [0.5, 0.6) is 0 Å². The lowest BCUT2D eigenvalue weighted by Gasteiger charge is -2.12. The molecule has 0 spiro atoms. The second-order valence-corrected chi connectivity index (χ2v) is 3.66. The van der Waals surface area contributed by atoms with Gasteiger partial charge in [-0.05, 0) is 24.1 Å². The molecular weight excluding hydrogens is 254 g/mol. The highest BCUT2D eigenvalue weighted by atomic mass is 19.4. The first kappa shape index (κ1) is 14.4. The highest BCUT2D eigenvalue weighted by Crippen LogP contribution is 2.15. The van der Waals surface area contributed by atoms with Crippen molar-refractivity contribution in [2.75, 3.05) is 6.61 Å². The van der Waals surface area contributed by atoms with Gasteiger partial charge in [0, 0.05) is 0 Å². The Balaban J connectivity index is 2.50. The van der Waals surface area contributed by atoms with Crippen molar-refractivity contribution in [1.29, 1.82) is 0 Å². The van der Waals surface area contributed by atoms with Gasteiger partial charge in [-0.25, -0.2) is 4.39 Å². The maximum atomic E-state index is 12.8. The topological polar surface area (TPSA) is 52.3 Å². The molecule has 0 fully saturated rings.